The minimum atomic E-state index is -1.14. The van der Waals surface area contributed by atoms with Crippen molar-refractivity contribution < 1.29 is 33.7 Å². The third-order valence-corrected chi connectivity index (χ3v) is 3.91. The van der Waals surface area contributed by atoms with Crippen molar-refractivity contribution in [3.05, 3.63) is 29.5 Å². The molecule has 0 heterocycles. The molecular formula is C16H19NO7S. The number of rotatable bonds is 8. The van der Waals surface area contributed by atoms with Gasteiger partial charge in [-0.1, -0.05) is 6.92 Å². The highest BCUT2D eigenvalue weighted by Crippen LogP contribution is 2.35. The second-order valence-corrected chi connectivity index (χ2v) is 5.79. The highest BCUT2D eigenvalue weighted by Gasteiger charge is 2.19. The molecule has 0 saturated carbocycles. The molecule has 1 rings (SSSR count). The van der Waals surface area contributed by atoms with Crippen molar-refractivity contribution in [3.8, 4) is 5.75 Å². The number of hydrogen-bond donors (Lipinski definition) is 2. The van der Waals surface area contributed by atoms with E-state index in [1.54, 1.807) is 0 Å². The van der Waals surface area contributed by atoms with Crippen LogP contribution >= 0.6 is 11.8 Å². The number of hydrogen-bond acceptors (Lipinski definition) is 8. The van der Waals surface area contributed by atoms with Crippen molar-refractivity contribution in [2.45, 2.75) is 11.8 Å². The number of esters is 2. The molecular weight excluding hydrogens is 350 g/mol. The smallest absolute Gasteiger partial charge is 0.354 e. The van der Waals surface area contributed by atoms with Crippen molar-refractivity contribution in [1.82, 2.24) is 0 Å². The third kappa shape index (κ3) is 5.42. The molecule has 0 saturated heterocycles. The summed E-state index contributed by atoms with van der Waals surface area (Å²) >= 11 is 1.36. The standard InChI is InChI=1S/C16H19NO7S/c1-5-25-13-6-9(15(19)20)12(22-2)7-10(13)17-11(16(21)24-4)8-14(18)23-3/h6-8,17H,5H2,1-4H3,(H,19,20)/b11-8+. The van der Waals surface area contributed by atoms with Crippen LogP contribution in [-0.2, 0) is 19.1 Å². The van der Waals surface area contributed by atoms with E-state index in [1.807, 2.05) is 6.92 Å². The first kappa shape index (κ1) is 20.4. The molecule has 0 aromatic heterocycles. The Bertz CT molecular complexity index is 700. The molecule has 0 unspecified atom stereocenters. The average Bonchev–Trinajstić information content (AvgIpc) is 2.60. The van der Waals surface area contributed by atoms with E-state index in [0.717, 1.165) is 6.08 Å². The lowest BCUT2D eigenvalue weighted by atomic mass is 10.1. The van der Waals surface area contributed by atoms with Crippen LogP contribution in [0.4, 0.5) is 5.69 Å². The van der Waals surface area contributed by atoms with Crippen molar-refractivity contribution in [2.24, 2.45) is 0 Å². The minimum absolute atomic E-state index is 0.0134. The number of carbonyl (C=O) groups is 3. The molecule has 0 aliphatic carbocycles. The molecule has 0 amide bonds. The average molecular weight is 369 g/mol. The Kier molecular flexibility index (Phi) is 7.80. The van der Waals surface area contributed by atoms with Gasteiger partial charge >= 0.3 is 17.9 Å². The molecule has 25 heavy (non-hydrogen) atoms. The van der Waals surface area contributed by atoms with Gasteiger partial charge in [-0.2, -0.15) is 0 Å². The van der Waals surface area contributed by atoms with Crippen molar-refractivity contribution >= 4 is 35.4 Å². The van der Waals surface area contributed by atoms with Gasteiger partial charge in [0, 0.05) is 11.0 Å². The van der Waals surface area contributed by atoms with Crippen molar-refractivity contribution in [1.29, 1.82) is 0 Å². The quantitative estimate of drug-likeness (QED) is 0.404. The first-order valence-electron chi connectivity index (χ1n) is 7.11. The maximum absolute atomic E-state index is 11.9. The molecule has 0 aliphatic rings. The van der Waals surface area contributed by atoms with Gasteiger partial charge in [-0.25, -0.2) is 14.4 Å². The minimum Gasteiger partial charge on any atom is -0.496 e. The van der Waals surface area contributed by atoms with Gasteiger partial charge in [0.1, 0.15) is 17.0 Å². The number of carboxylic acids is 1. The summed E-state index contributed by atoms with van der Waals surface area (Å²) in [5.74, 6) is -1.89. The van der Waals surface area contributed by atoms with E-state index in [9.17, 15) is 19.5 Å². The molecule has 2 N–H and O–H groups in total. The highest BCUT2D eigenvalue weighted by atomic mass is 32.2. The normalized spacial score (nSPS) is 10.8. The van der Waals surface area contributed by atoms with E-state index >= 15 is 0 Å². The van der Waals surface area contributed by atoms with Gasteiger partial charge in [0.05, 0.1) is 33.1 Å². The predicted molar refractivity (Wildman–Crippen MR) is 92.1 cm³/mol. The lowest BCUT2D eigenvalue weighted by Crippen LogP contribution is -2.16. The molecule has 8 nitrogen and oxygen atoms in total. The first-order chi connectivity index (χ1) is 11.9. The number of thioether (sulfide) groups is 1. The fraction of sp³-hybridized carbons (Fsp3) is 0.312. The maximum Gasteiger partial charge on any atom is 0.354 e. The molecule has 0 bridgehead atoms. The van der Waals surface area contributed by atoms with Gasteiger partial charge in [-0.3, -0.25) is 0 Å². The SMILES string of the molecule is CCSc1cc(C(=O)O)c(OC)cc1N/C(=C/C(=O)OC)C(=O)OC. The Morgan fingerprint density at radius 2 is 1.88 bits per heavy atom. The fourth-order valence-corrected chi connectivity index (χ4v) is 2.62. The lowest BCUT2D eigenvalue weighted by Gasteiger charge is -2.16. The Balaban J connectivity index is 3.41. The van der Waals surface area contributed by atoms with E-state index in [4.69, 9.17) is 4.74 Å². The van der Waals surface area contributed by atoms with E-state index in [2.05, 4.69) is 14.8 Å². The van der Waals surface area contributed by atoms with Gasteiger partial charge in [-0.05, 0) is 11.8 Å². The molecule has 0 atom stereocenters. The molecule has 0 fully saturated rings. The van der Waals surface area contributed by atoms with Crippen LogP contribution in [0, 0.1) is 0 Å². The molecule has 0 aliphatic heterocycles. The number of benzene rings is 1. The zero-order valence-electron chi connectivity index (χ0n) is 14.2. The van der Waals surface area contributed by atoms with E-state index < -0.39 is 17.9 Å². The summed E-state index contributed by atoms with van der Waals surface area (Å²) in [5.41, 5.74) is 0.229. The van der Waals surface area contributed by atoms with Gasteiger partial charge < -0.3 is 24.6 Å². The summed E-state index contributed by atoms with van der Waals surface area (Å²) in [6.45, 7) is 1.89. The monoisotopic (exact) mass is 369 g/mol. The number of aromatic carboxylic acids is 1. The molecule has 136 valence electrons. The summed E-state index contributed by atoms with van der Waals surface area (Å²) in [6.07, 6.45) is 0.948. The number of ether oxygens (including phenoxy) is 3. The lowest BCUT2D eigenvalue weighted by molar-refractivity contribution is -0.138. The largest absolute Gasteiger partial charge is 0.496 e. The van der Waals surface area contributed by atoms with E-state index in [1.165, 1.54) is 45.2 Å². The van der Waals surface area contributed by atoms with Crippen LogP contribution in [-0.4, -0.2) is 50.1 Å². The highest BCUT2D eigenvalue weighted by molar-refractivity contribution is 7.99. The zero-order chi connectivity index (χ0) is 19.0. The molecule has 0 spiro atoms. The van der Waals surface area contributed by atoms with Gasteiger partial charge in [-0.15, -0.1) is 11.8 Å². The maximum atomic E-state index is 11.9. The number of methoxy groups -OCH3 is 3. The van der Waals surface area contributed by atoms with Crippen LogP contribution in [0.1, 0.15) is 17.3 Å². The van der Waals surface area contributed by atoms with E-state index in [-0.39, 0.29) is 17.0 Å². The second-order valence-electron chi connectivity index (χ2n) is 4.48. The van der Waals surface area contributed by atoms with Gasteiger partial charge in [0.15, 0.2) is 0 Å². The third-order valence-electron chi connectivity index (χ3n) is 2.97. The summed E-state index contributed by atoms with van der Waals surface area (Å²) < 4.78 is 14.2. The summed E-state index contributed by atoms with van der Waals surface area (Å²) in [4.78, 5) is 35.3. The van der Waals surface area contributed by atoms with Crippen LogP contribution < -0.4 is 10.1 Å². The Morgan fingerprint density at radius 3 is 2.36 bits per heavy atom. The van der Waals surface area contributed by atoms with Gasteiger partial charge in [0.2, 0.25) is 0 Å². The number of carbonyl (C=O) groups excluding carboxylic acids is 2. The van der Waals surface area contributed by atoms with Crippen LogP contribution in [0.5, 0.6) is 5.75 Å². The van der Waals surface area contributed by atoms with Crippen LogP contribution in [0.3, 0.4) is 0 Å². The Morgan fingerprint density at radius 1 is 1.20 bits per heavy atom. The molecule has 0 radical (unpaired) electrons. The van der Waals surface area contributed by atoms with Crippen LogP contribution in [0.15, 0.2) is 28.8 Å². The topological polar surface area (TPSA) is 111 Å². The van der Waals surface area contributed by atoms with Crippen LogP contribution in [0.2, 0.25) is 0 Å². The Labute approximate surface area is 149 Å². The second kappa shape index (κ2) is 9.58. The van der Waals surface area contributed by atoms with Crippen LogP contribution in [0.25, 0.3) is 0 Å². The molecule has 1 aromatic carbocycles. The number of nitrogens with one attached hydrogen (secondary N) is 1. The number of anilines is 1. The summed E-state index contributed by atoms with van der Waals surface area (Å²) in [7, 11) is 3.69. The van der Waals surface area contributed by atoms with Gasteiger partial charge in [0.25, 0.3) is 0 Å². The fourth-order valence-electron chi connectivity index (χ4n) is 1.85. The zero-order valence-corrected chi connectivity index (χ0v) is 15.1. The van der Waals surface area contributed by atoms with Crippen molar-refractivity contribution in [2.75, 3.05) is 32.4 Å². The summed E-state index contributed by atoms with van der Waals surface area (Å²) in [5, 5.41) is 12.1. The first-order valence-corrected chi connectivity index (χ1v) is 8.09. The Hall–Kier alpha value is -2.68. The number of carboxylic acid groups (broad SMARTS) is 1. The van der Waals surface area contributed by atoms with E-state index in [0.29, 0.717) is 16.3 Å². The molecule has 9 heteroatoms. The van der Waals surface area contributed by atoms with Crippen molar-refractivity contribution in [3.63, 3.8) is 0 Å². The summed E-state index contributed by atoms with van der Waals surface area (Å²) in [6, 6.07) is 2.88. The molecule has 1 aromatic rings. The predicted octanol–water partition coefficient (Wildman–Crippen LogP) is 2.15.